The SMILES string of the molecule is COc1ccc(S(=O)(=O)CCOSOO[O-])cc1N/N=c1/c(=O)c(N=Nc2ccc(S(=O)(=O)CCOSOO[O-])cc2S(=O)(=O)[O-])c(O)/c(=N\Nc2ccc(S(=O)(=O)CCOS(=O)(=O)[O-])cc2S(=O)(=O)[O-])c1=O.[Na+].[Na+].[Na+].[Na+].[Na+]. The standard InChI is InChI=1S/C31H32N6O28S8.5Na/c1-58-23-7-4-17(68(43,44)11-8-59-66-64-62-41)14-22(23)34-37-28-30(39)26(35-32-20-5-2-18(15-24(20)71(49,50)51)69(45,46)12-9-60-67-65-63-42)29(38)27(31(28)40)36-33-21-6-3-19(16-25(21)72(52,53)54)70(47,48)13-10-61-73(55,56)57;;;;;/h2-7,14-16,33-34,38,41-42H,8-13H2,1H3,(H,49,50,51)(H,52,53,54)(H,55,56,57);;;;;/q;5*+1/p-5/b35-32?,36-27+,37-28-;;;;;. The van der Waals surface area contributed by atoms with Crippen molar-refractivity contribution in [3.63, 3.8) is 0 Å². The van der Waals surface area contributed by atoms with Crippen LogP contribution in [0.1, 0.15) is 0 Å². The number of nitrogens with one attached hydrogen (secondary N) is 2. The minimum absolute atomic E-state index is 0. The third-order valence-corrected chi connectivity index (χ3v) is 16.4. The number of hydrogen-bond acceptors (Lipinski definition) is 36. The summed E-state index contributed by atoms with van der Waals surface area (Å²) in [6, 6.07) is 6.02. The van der Waals surface area contributed by atoms with E-state index >= 15 is 0 Å². The van der Waals surface area contributed by atoms with Gasteiger partial charge < -0.3 is 34.0 Å². The average Bonchev–Trinajstić information content (AvgIpc) is 3.30. The van der Waals surface area contributed by atoms with Gasteiger partial charge in [0.2, 0.25) is 21.3 Å². The molecule has 0 aliphatic carbocycles. The zero-order valence-corrected chi connectivity index (χ0v) is 57.0. The average molecular weight is 1300 g/mol. The molecule has 4 rings (SSSR count). The molecule has 3 N–H and O–H groups in total. The van der Waals surface area contributed by atoms with Gasteiger partial charge in [-0.15, -0.1) is 18.9 Å². The molecule has 0 spiro atoms. The predicted octanol–water partition coefficient (Wildman–Crippen LogP) is -18.5. The van der Waals surface area contributed by atoms with Crippen LogP contribution in [0.3, 0.4) is 0 Å². The Balaban J connectivity index is 0. The maximum atomic E-state index is 13.9. The van der Waals surface area contributed by atoms with Crippen molar-refractivity contribution < 1.29 is 264 Å². The number of phenols is 1. The fourth-order valence-corrected chi connectivity index (χ4v) is 11.0. The van der Waals surface area contributed by atoms with Gasteiger partial charge in [0.15, 0.2) is 76.3 Å². The van der Waals surface area contributed by atoms with E-state index in [0.717, 1.165) is 25.3 Å². The Bertz CT molecular complexity index is 3690. The minimum Gasteiger partial charge on any atom is -0.744 e. The molecule has 0 radical (unpaired) electrons. The van der Waals surface area contributed by atoms with Gasteiger partial charge in [-0.05, 0) is 54.6 Å². The molecule has 0 aliphatic heterocycles. The molecule has 47 heteroatoms. The molecule has 0 bridgehead atoms. The topological polar surface area (TPSA) is 522 Å². The van der Waals surface area contributed by atoms with E-state index in [1.54, 1.807) is 0 Å². The van der Waals surface area contributed by atoms with Crippen LogP contribution >= 0.6 is 24.6 Å². The molecule has 0 unspecified atom stereocenters. The van der Waals surface area contributed by atoms with Crippen LogP contribution in [0.4, 0.5) is 22.7 Å². The first-order chi connectivity index (χ1) is 34.0. The molecule has 0 saturated heterocycles. The van der Waals surface area contributed by atoms with E-state index in [1.165, 1.54) is 0 Å². The van der Waals surface area contributed by atoms with Crippen LogP contribution in [-0.4, -0.2) is 113 Å². The van der Waals surface area contributed by atoms with Gasteiger partial charge in [-0.2, -0.15) is 10.2 Å². The van der Waals surface area contributed by atoms with Crippen molar-refractivity contribution >= 4 is 108 Å². The Labute approximate surface area is 560 Å². The first kappa shape index (κ1) is 79.9. The summed E-state index contributed by atoms with van der Waals surface area (Å²) in [5.41, 5.74) is -3.14. The molecule has 0 heterocycles. The summed E-state index contributed by atoms with van der Waals surface area (Å²) < 4.78 is 210. The van der Waals surface area contributed by atoms with Crippen molar-refractivity contribution in [1.29, 1.82) is 0 Å². The normalized spacial score (nSPS) is 12.6. The Kier molecular flexibility index (Phi) is 36.1. The number of methoxy groups -OCH3 is 1. The molecule has 0 fully saturated rings. The van der Waals surface area contributed by atoms with Gasteiger partial charge in [0.05, 0.1) is 80.0 Å². The second-order valence-electron chi connectivity index (χ2n) is 13.0. The van der Waals surface area contributed by atoms with Gasteiger partial charge in [-0.1, -0.05) is 0 Å². The minimum atomic E-state index is -5.74. The summed E-state index contributed by atoms with van der Waals surface area (Å²) >= 11 is -0.0549. The molecule has 0 aromatic heterocycles. The van der Waals surface area contributed by atoms with Gasteiger partial charge in [-0.25, -0.2) is 50.5 Å². The zero-order valence-electron chi connectivity index (χ0n) is 40.5. The number of benzene rings is 4. The van der Waals surface area contributed by atoms with Crippen molar-refractivity contribution in [3.8, 4) is 11.5 Å². The second kappa shape index (κ2) is 35.3. The van der Waals surface area contributed by atoms with E-state index in [9.17, 15) is 89.4 Å². The predicted molar refractivity (Wildman–Crippen MR) is 231 cm³/mol. The maximum absolute atomic E-state index is 13.9. The first-order valence-electron chi connectivity index (χ1n) is 18.3. The van der Waals surface area contributed by atoms with Crippen LogP contribution in [-0.2, 0) is 91.4 Å². The molecular weight excluding hydrogens is 1280 g/mol. The molecule has 78 heavy (non-hydrogen) atoms. The summed E-state index contributed by atoms with van der Waals surface area (Å²) in [7, 11) is -29.2. The van der Waals surface area contributed by atoms with Crippen LogP contribution in [0.5, 0.6) is 11.5 Å². The molecule has 0 aliphatic rings. The summed E-state index contributed by atoms with van der Waals surface area (Å²) in [5, 5.41) is 48.5. The summed E-state index contributed by atoms with van der Waals surface area (Å²) in [4.78, 5) is 22.7. The van der Waals surface area contributed by atoms with E-state index in [4.69, 9.17) is 8.92 Å². The van der Waals surface area contributed by atoms with Crippen molar-refractivity contribution in [2.75, 3.05) is 55.0 Å². The van der Waals surface area contributed by atoms with E-state index in [-0.39, 0.29) is 184 Å². The molecular formula is C31H27N6Na5O28S8. The fraction of sp³-hybridized carbons (Fsp3) is 0.226. The van der Waals surface area contributed by atoms with Crippen molar-refractivity contribution in [3.05, 3.63) is 85.8 Å². The van der Waals surface area contributed by atoms with Gasteiger partial charge in [0.1, 0.15) is 31.7 Å². The largest absolute Gasteiger partial charge is 1.00 e. The number of anilines is 2. The number of nitrogens with zero attached hydrogens (tertiary/aromatic N) is 4. The van der Waals surface area contributed by atoms with Crippen LogP contribution in [0, 0.1) is 0 Å². The number of hydrogen-bond donors (Lipinski definition) is 3. The van der Waals surface area contributed by atoms with Gasteiger partial charge in [0.25, 0.3) is 0 Å². The maximum Gasteiger partial charge on any atom is 1.00 e. The Hall–Kier alpha value is -0.200. The van der Waals surface area contributed by atoms with Crippen LogP contribution in [0.15, 0.2) is 109 Å². The number of aromatic hydroxyl groups is 1. The molecule has 4 aromatic rings. The molecule has 0 atom stereocenters. The Morgan fingerprint density at radius 2 is 1.01 bits per heavy atom. The van der Waals surface area contributed by atoms with Crippen molar-refractivity contribution in [1.82, 2.24) is 0 Å². The quantitative estimate of drug-likeness (QED) is 0.00695. The molecule has 4 aromatic carbocycles. The first-order valence-corrected chi connectivity index (χ1v) is 28.7. The van der Waals surface area contributed by atoms with E-state index in [2.05, 4.69) is 53.0 Å². The molecule has 34 nitrogen and oxygen atoms in total. The third-order valence-electron chi connectivity index (χ3n) is 8.47. The number of sulfone groups is 3. The number of ether oxygens (including phenoxy) is 1. The van der Waals surface area contributed by atoms with Crippen LogP contribution in [0.25, 0.3) is 0 Å². The smallest absolute Gasteiger partial charge is 0.744 e. The van der Waals surface area contributed by atoms with Gasteiger partial charge in [-0.3, -0.25) is 43.1 Å². The van der Waals surface area contributed by atoms with Crippen LogP contribution in [0.2, 0.25) is 0 Å². The number of rotatable bonds is 28. The monoisotopic (exact) mass is 1300 g/mol. The van der Waals surface area contributed by atoms with Crippen LogP contribution < -0.4 is 195 Å². The van der Waals surface area contributed by atoms with Crippen molar-refractivity contribution in [2.45, 2.75) is 24.5 Å². The Morgan fingerprint density at radius 1 is 0.564 bits per heavy atom. The van der Waals surface area contributed by atoms with Crippen molar-refractivity contribution in [2.24, 2.45) is 20.4 Å². The Morgan fingerprint density at radius 3 is 1.50 bits per heavy atom. The van der Waals surface area contributed by atoms with E-state index in [0.29, 0.717) is 30.3 Å². The number of phenolic OH excluding ortho intramolecular Hbond substituents is 1. The second-order valence-corrected chi connectivity index (χ2v) is 24.1. The molecule has 0 amide bonds. The number of azo groups is 1. The van der Waals surface area contributed by atoms with Gasteiger partial charge in [0, 0.05) is 0 Å². The third kappa shape index (κ3) is 23.7. The summed E-state index contributed by atoms with van der Waals surface area (Å²) in [6.07, 6.45) is 0. The fourth-order valence-electron chi connectivity index (χ4n) is 5.24. The molecule has 0 saturated carbocycles. The summed E-state index contributed by atoms with van der Waals surface area (Å²) in [5.74, 6) is -4.72. The molecule has 402 valence electrons. The van der Waals surface area contributed by atoms with E-state index in [1.807, 2.05) is 5.43 Å². The summed E-state index contributed by atoms with van der Waals surface area (Å²) in [6.45, 7) is -2.51. The zero-order chi connectivity index (χ0) is 54.6. The van der Waals surface area contributed by atoms with Gasteiger partial charge >= 0.3 is 148 Å². The van der Waals surface area contributed by atoms with E-state index < -0.39 is 172 Å².